The maximum absolute atomic E-state index is 13.2. The minimum absolute atomic E-state index is 0.150. The molecule has 1 fully saturated rings. The van der Waals surface area contributed by atoms with E-state index < -0.39 is 11.6 Å². The van der Waals surface area contributed by atoms with Crippen LogP contribution in [0.25, 0.3) is 11.4 Å². The third-order valence-corrected chi connectivity index (χ3v) is 3.32. The lowest BCUT2D eigenvalue weighted by Gasteiger charge is -2.21. The Morgan fingerprint density at radius 2 is 1.90 bits per heavy atom. The largest absolute Gasteiger partial charge is 0.368 e. The molecule has 1 N–H and O–H groups in total. The summed E-state index contributed by atoms with van der Waals surface area (Å²) in [6, 6.07) is 3.11. The van der Waals surface area contributed by atoms with Crippen LogP contribution in [-0.2, 0) is 11.3 Å². The van der Waals surface area contributed by atoms with Gasteiger partial charge in [0.05, 0.1) is 6.10 Å². The van der Waals surface area contributed by atoms with Crippen molar-refractivity contribution in [2.24, 2.45) is 0 Å². The summed E-state index contributed by atoms with van der Waals surface area (Å²) < 4.78 is 37.0. The summed E-state index contributed by atoms with van der Waals surface area (Å²) in [5, 5.41) is 6.97. The van der Waals surface area contributed by atoms with Crippen molar-refractivity contribution in [3.05, 3.63) is 35.7 Å². The Bertz CT molecular complexity index is 592. The lowest BCUT2D eigenvalue weighted by atomic mass is 10.1. The molecule has 0 aliphatic carbocycles. The monoisotopic (exact) mass is 295 g/mol. The number of nitrogens with one attached hydrogen (secondary N) is 1. The normalized spacial score (nSPS) is 16.3. The molecule has 5 nitrogen and oxygen atoms in total. The molecule has 0 unspecified atom stereocenters. The summed E-state index contributed by atoms with van der Waals surface area (Å²) in [5.74, 6) is -0.907. The minimum Gasteiger partial charge on any atom is -0.368 e. The number of hydrogen-bond acceptors (Lipinski definition) is 5. The van der Waals surface area contributed by atoms with E-state index in [0.29, 0.717) is 5.89 Å². The summed E-state index contributed by atoms with van der Waals surface area (Å²) in [5.41, 5.74) is 0.240. The second-order valence-electron chi connectivity index (χ2n) is 4.93. The average Bonchev–Trinajstić information content (AvgIpc) is 2.94. The second kappa shape index (κ2) is 6.28. The highest BCUT2D eigenvalue weighted by Crippen LogP contribution is 2.19. The molecular weight excluding hydrogens is 280 g/mol. The molecule has 1 saturated heterocycles. The van der Waals surface area contributed by atoms with E-state index in [2.05, 4.69) is 15.5 Å². The van der Waals surface area contributed by atoms with Crippen molar-refractivity contribution in [1.29, 1.82) is 0 Å². The molecule has 3 rings (SSSR count). The predicted molar refractivity (Wildman–Crippen MR) is 70.3 cm³/mol. The van der Waals surface area contributed by atoms with Gasteiger partial charge in [-0.25, -0.2) is 8.78 Å². The van der Waals surface area contributed by atoms with E-state index in [1.165, 1.54) is 0 Å². The first-order valence-corrected chi connectivity index (χ1v) is 6.82. The van der Waals surface area contributed by atoms with Gasteiger partial charge < -0.3 is 14.6 Å². The Morgan fingerprint density at radius 3 is 2.62 bits per heavy atom. The van der Waals surface area contributed by atoms with Crippen LogP contribution < -0.4 is 5.32 Å². The second-order valence-corrected chi connectivity index (χ2v) is 4.93. The number of rotatable bonds is 4. The predicted octanol–water partition coefficient (Wildman–Crippen LogP) is 2.28. The van der Waals surface area contributed by atoms with Gasteiger partial charge in [0.2, 0.25) is 5.82 Å². The lowest BCUT2D eigenvalue weighted by Crippen LogP contribution is -2.32. The van der Waals surface area contributed by atoms with Crippen LogP contribution in [0.4, 0.5) is 8.78 Å². The number of nitrogens with zero attached hydrogens (tertiary/aromatic N) is 2. The van der Waals surface area contributed by atoms with Crippen LogP contribution in [0.5, 0.6) is 0 Å². The molecule has 1 aliphatic rings. The Labute approximate surface area is 120 Å². The van der Waals surface area contributed by atoms with Crippen LogP contribution in [0.2, 0.25) is 0 Å². The summed E-state index contributed by atoms with van der Waals surface area (Å²) in [6.07, 6.45) is 2.06. The molecule has 2 heterocycles. The quantitative estimate of drug-likeness (QED) is 0.937. The third-order valence-electron chi connectivity index (χ3n) is 3.32. The van der Waals surface area contributed by atoms with E-state index in [1.54, 1.807) is 0 Å². The number of halogens is 2. The zero-order chi connectivity index (χ0) is 14.7. The standard InChI is InChI=1S/C14H15F2N3O2/c15-10-5-9(6-11(16)7-10)14-18-13(21-19-14)8-20-12-1-3-17-4-2-12/h5-7,12,17H,1-4,8H2. The van der Waals surface area contributed by atoms with Gasteiger partial charge in [0, 0.05) is 11.6 Å². The van der Waals surface area contributed by atoms with Crippen LogP contribution in [-0.4, -0.2) is 29.3 Å². The van der Waals surface area contributed by atoms with Crippen molar-refractivity contribution in [3.8, 4) is 11.4 Å². The molecule has 21 heavy (non-hydrogen) atoms. The zero-order valence-corrected chi connectivity index (χ0v) is 11.3. The SMILES string of the molecule is Fc1cc(F)cc(-c2noc(COC3CCNCC3)n2)c1. The van der Waals surface area contributed by atoms with E-state index in [-0.39, 0.29) is 24.1 Å². The summed E-state index contributed by atoms with van der Waals surface area (Å²) in [6.45, 7) is 2.07. The molecule has 0 spiro atoms. The minimum atomic E-state index is -0.678. The molecule has 0 saturated carbocycles. The number of aromatic nitrogens is 2. The molecule has 0 atom stereocenters. The smallest absolute Gasteiger partial charge is 0.252 e. The zero-order valence-electron chi connectivity index (χ0n) is 11.3. The highest BCUT2D eigenvalue weighted by molar-refractivity contribution is 5.54. The maximum Gasteiger partial charge on any atom is 0.252 e. The van der Waals surface area contributed by atoms with Crippen molar-refractivity contribution in [2.45, 2.75) is 25.6 Å². The fraction of sp³-hybridized carbons (Fsp3) is 0.429. The molecule has 112 valence electrons. The highest BCUT2D eigenvalue weighted by Gasteiger charge is 2.16. The van der Waals surface area contributed by atoms with E-state index in [4.69, 9.17) is 9.26 Å². The first kappa shape index (κ1) is 14.1. The van der Waals surface area contributed by atoms with Crippen molar-refractivity contribution < 1.29 is 18.0 Å². The number of ether oxygens (including phenoxy) is 1. The molecule has 0 amide bonds. The topological polar surface area (TPSA) is 60.2 Å². The van der Waals surface area contributed by atoms with Gasteiger partial charge in [0.1, 0.15) is 18.2 Å². The van der Waals surface area contributed by atoms with Crippen molar-refractivity contribution in [3.63, 3.8) is 0 Å². The van der Waals surface area contributed by atoms with Crippen LogP contribution in [0.1, 0.15) is 18.7 Å². The molecular formula is C14H15F2N3O2. The summed E-state index contributed by atoms with van der Waals surface area (Å²) in [4.78, 5) is 4.10. The van der Waals surface area contributed by atoms with Crippen molar-refractivity contribution in [2.75, 3.05) is 13.1 Å². The molecule has 0 bridgehead atoms. The first-order chi connectivity index (χ1) is 10.2. The fourth-order valence-corrected chi connectivity index (χ4v) is 2.26. The number of benzene rings is 1. The highest BCUT2D eigenvalue weighted by atomic mass is 19.1. The molecule has 7 heteroatoms. The lowest BCUT2D eigenvalue weighted by molar-refractivity contribution is 0.00859. The van der Waals surface area contributed by atoms with Gasteiger partial charge in [0.15, 0.2) is 0 Å². The maximum atomic E-state index is 13.2. The van der Waals surface area contributed by atoms with Gasteiger partial charge in [-0.1, -0.05) is 5.16 Å². The Hall–Kier alpha value is -1.86. The van der Waals surface area contributed by atoms with E-state index in [9.17, 15) is 8.78 Å². The van der Waals surface area contributed by atoms with Crippen molar-refractivity contribution in [1.82, 2.24) is 15.5 Å². The van der Waals surface area contributed by atoms with Gasteiger partial charge in [-0.15, -0.1) is 0 Å². The Morgan fingerprint density at radius 1 is 1.19 bits per heavy atom. The fourth-order valence-electron chi connectivity index (χ4n) is 2.26. The van der Waals surface area contributed by atoms with Gasteiger partial charge in [-0.3, -0.25) is 0 Å². The van der Waals surface area contributed by atoms with Crippen LogP contribution in [0, 0.1) is 11.6 Å². The van der Waals surface area contributed by atoms with Gasteiger partial charge in [-0.05, 0) is 38.1 Å². The van der Waals surface area contributed by atoms with Crippen molar-refractivity contribution >= 4 is 0 Å². The Balaban J connectivity index is 1.65. The van der Waals surface area contributed by atoms with Gasteiger partial charge >= 0.3 is 0 Å². The number of hydrogen-bond donors (Lipinski definition) is 1. The van der Waals surface area contributed by atoms with Crippen LogP contribution in [0.3, 0.4) is 0 Å². The molecule has 1 aliphatic heterocycles. The molecule has 0 radical (unpaired) electrons. The Kier molecular flexibility index (Phi) is 4.21. The van der Waals surface area contributed by atoms with Gasteiger partial charge in [0.25, 0.3) is 5.89 Å². The van der Waals surface area contributed by atoms with Gasteiger partial charge in [-0.2, -0.15) is 4.98 Å². The number of piperidine rings is 1. The van der Waals surface area contributed by atoms with Crippen LogP contribution in [0.15, 0.2) is 22.7 Å². The average molecular weight is 295 g/mol. The first-order valence-electron chi connectivity index (χ1n) is 6.82. The van der Waals surface area contributed by atoms with Crippen LogP contribution >= 0.6 is 0 Å². The van der Waals surface area contributed by atoms with E-state index in [0.717, 1.165) is 44.1 Å². The third kappa shape index (κ3) is 3.62. The molecule has 2 aromatic rings. The molecule has 1 aromatic heterocycles. The molecule has 1 aromatic carbocycles. The van der Waals surface area contributed by atoms with E-state index >= 15 is 0 Å². The van der Waals surface area contributed by atoms with E-state index in [1.807, 2.05) is 0 Å². The summed E-state index contributed by atoms with van der Waals surface area (Å²) in [7, 11) is 0. The summed E-state index contributed by atoms with van der Waals surface area (Å²) >= 11 is 0.